The number of benzene rings is 1. The number of rotatable bonds is 3. The van der Waals surface area contributed by atoms with Crippen molar-refractivity contribution in [2.45, 2.75) is 32.8 Å². The Bertz CT molecular complexity index is 698. The van der Waals surface area contributed by atoms with Crippen molar-refractivity contribution in [1.82, 2.24) is 9.97 Å². The monoisotopic (exact) mass is 297 g/mol. The molecule has 3 rings (SSSR count). The fourth-order valence-electron chi connectivity index (χ4n) is 2.55. The maximum atomic E-state index is 12.5. The van der Waals surface area contributed by atoms with Crippen LogP contribution in [0.1, 0.15) is 46.9 Å². The van der Waals surface area contributed by atoms with Crippen LogP contribution in [-0.4, -0.2) is 22.5 Å². The summed E-state index contributed by atoms with van der Waals surface area (Å²) in [5, 5.41) is 2.87. The van der Waals surface area contributed by atoms with Crippen LogP contribution in [0.15, 0.2) is 30.6 Å². The first kappa shape index (κ1) is 14.7. The molecule has 5 nitrogen and oxygen atoms in total. The van der Waals surface area contributed by atoms with Gasteiger partial charge in [0.05, 0.1) is 18.9 Å². The molecule has 22 heavy (non-hydrogen) atoms. The molecule has 0 unspecified atom stereocenters. The summed E-state index contributed by atoms with van der Waals surface area (Å²) in [5.41, 5.74) is 3.77. The van der Waals surface area contributed by atoms with Crippen LogP contribution in [0.2, 0.25) is 0 Å². The fraction of sp³-hybridized carbons (Fsp3) is 0.353. The van der Waals surface area contributed by atoms with E-state index in [0.29, 0.717) is 24.6 Å². The van der Waals surface area contributed by atoms with E-state index in [1.54, 1.807) is 12.4 Å². The van der Waals surface area contributed by atoms with Crippen molar-refractivity contribution in [1.29, 1.82) is 0 Å². The first-order valence-electron chi connectivity index (χ1n) is 7.47. The minimum atomic E-state index is -0.156. The highest BCUT2D eigenvalue weighted by Gasteiger charge is 2.16. The summed E-state index contributed by atoms with van der Waals surface area (Å²) in [6.07, 6.45) is 4.08. The van der Waals surface area contributed by atoms with Gasteiger partial charge in [-0.1, -0.05) is 19.9 Å². The highest BCUT2D eigenvalue weighted by Crippen LogP contribution is 2.21. The molecule has 1 aliphatic rings. The second-order valence-electron chi connectivity index (χ2n) is 5.69. The molecule has 5 heteroatoms. The van der Waals surface area contributed by atoms with E-state index in [2.05, 4.69) is 15.3 Å². The van der Waals surface area contributed by atoms with E-state index in [0.717, 1.165) is 17.7 Å². The largest absolute Gasteiger partial charge is 0.376 e. The van der Waals surface area contributed by atoms with E-state index in [4.69, 9.17) is 4.74 Å². The fourth-order valence-corrected chi connectivity index (χ4v) is 2.55. The Morgan fingerprint density at radius 3 is 2.86 bits per heavy atom. The van der Waals surface area contributed by atoms with E-state index in [1.165, 1.54) is 5.56 Å². The number of hydrogen-bond donors (Lipinski definition) is 1. The Kier molecular flexibility index (Phi) is 4.15. The molecule has 0 saturated heterocycles. The van der Waals surface area contributed by atoms with E-state index in [1.807, 2.05) is 32.0 Å². The van der Waals surface area contributed by atoms with E-state index in [-0.39, 0.29) is 11.8 Å². The Morgan fingerprint density at radius 1 is 1.23 bits per heavy atom. The number of fused-ring (bicyclic) bond motifs is 1. The quantitative estimate of drug-likeness (QED) is 0.946. The molecule has 0 saturated carbocycles. The zero-order valence-corrected chi connectivity index (χ0v) is 12.8. The van der Waals surface area contributed by atoms with Crippen molar-refractivity contribution in [3.63, 3.8) is 0 Å². The first-order valence-corrected chi connectivity index (χ1v) is 7.47. The number of amides is 1. The summed E-state index contributed by atoms with van der Waals surface area (Å²) in [5.74, 6) is 0.574. The average Bonchev–Trinajstić information content (AvgIpc) is 2.54. The first-order chi connectivity index (χ1) is 10.6. The average molecular weight is 297 g/mol. The Morgan fingerprint density at radius 2 is 2.05 bits per heavy atom. The van der Waals surface area contributed by atoms with Gasteiger partial charge >= 0.3 is 0 Å². The second-order valence-corrected chi connectivity index (χ2v) is 5.69. The maximum absolute atomic E-state index is 12.5. The topological polar surface area (TPSA) is 64.1 Å². The summed E-state index contributed by atoms with van der Waals surface area (Å²) in [4.78, 5) is 21.0. The molecule has 1 aromatic carbocycles. The molecule has 0 fully saturated rings. The van der Waals surface area contributed by atoms with Gasteiger partial charge in [0.25, 0.3) is 5.91 Å². The third-order valence-corrected chi connectivity index (χ3v) is 3.75. The van der Waals surface area contributed by atoms with Crippen LogP contribution in [0.3, 0.4) is 0 Å². The third kappa shape index (κ3) is 2.99. The molecule has 0 aliphatic carbocycles. The molecule has 1 aromatic heterocycles. The predicted octanol–water partition coefficient (Wildman–Crippen LogP) is 2.93. The van der Waals surface area contributed by atoms with E-state index < -0.39 is 0 Å². The summed E-state index contributed by atoms with van der Waals surface area (Å²) in [6, 6.07) is 5.73. The number of carbonyl (C=O) groups excluding carboxylic acids is 1. The molecule has 1 amide bonds. The van der Waals surface area contributed by atoms with Crippen molar-refractivity contribution in [2.75, 3.05) is 11.9 Å². The minimum absolute atomic E-state index is 0.156. The smallest absolute Gasteiger partial charge is 0.256 e. The van der Waals surface area contributed by atoms with Gasteiger partial charge in [-0.3, -0.25) is 9.78 Å². The van der Waals surface area contributed by atoms with Crippen molar-refractivity contribution in [3.05, 3.63) is 53.0 Å². The van der Waals surface area contributed by atoms with Gasteiger partial charge in [-0.15, -0.1) is 0 Å². The number of hydrogen-bond acceptors (Lipinski definition) is 4. The Hall–Kier alpha value is -2.27. The van der Waals surface area contributed by atoms with Crippen molar-refractivity contribution in [3.8, 4) is 0 Å². The molecule has 114 valence electrons. The van der Waals surface area contributed by atoms with Crippen LogP contribution >= 0.6 is 0 Å². The molecule has 0 spiro atoms. The van der Waals surface area contributed by atoms with E-state index >= 15 is 0 Å². The second kappa shape index (κ2) is 6.23. The van der Waals surface area contributed by atoms with Gasteiger partial charge in [0.1, 0.15) is 0 Å². The lowest BCUT2D eigenvalue weighted by Gasteiger charge is -2.17. The lowest BCUT2D eigenvalue weighted by atomic mass is 10.00. The highest BCUT2D eigenvalue weighted by molar-refractivity contribution is 6.04. The van der Waals surface area contributed by atoms with Gasteiger partial charge in [-0.05, 0) is 35.6 Å². The van der Waals surface area contributed by atoms with Gasteiger partial charge in [0.15, 0.2) is 5.82 Å². The predicted molar refractivity (Wildman–Crippen MR) is 83.9 cm³/mol. The number of nitrogens with zero attached hydrogens (tertiary/aromatic N) is 2. The molecule has 2 aromatic rings. The lowest BCUT2D eigenvalue weighted by Crippen LogP contribution is -2.17. The lowest BCUT2D eigenvalue weighted by molar-refractivity contribution is 0.102. The normalized spacial score (nSPS) is 13.8. The van der Waals surface area contributed by atoms with Gasteiger partial charge in [0.2, 0.25) is 0 Å². The minimum Gasteiger partial charge on any atom is -0.376 e. The van der Waals surface area contributed by atoms with Crippen molar-refractivity contribution in [2.24, 2.45) is 0 Å². The molecule has 0 radical (unpaired) electrons. The Labute approximate surface area is 129 Å². The van der Waals surface area contributed by atoms with Gasteiger partial charge < -0.3 is 10.1 Å². The molecule has 0 atom stereocenters. The molecular formula is C17H19N3O2. The van der Waals surface area contributed by atoms with Crippen LogP contribution in [-0.2, 0) is 17.8 Å². The van der Waals surface area contributed by atoms with E-state index in [9.17, 15) is 4.79 Å². The number of ether oxygens (including phenoxy) is 1. The van der Waals surface area contributed by atoms with Crippen LogP contribution in [0.5, 0.6) is 0 Å². The number of aromatic nitrogens is 2. The number of nitrogens with one attached hydrogen (secondary N) is 1. The standard InChI is InChI=1S/C17H19N3O2/c1-11(2)15-16(19-7-6-18-15)20-17(21)13-3-4-14-10-22-8-5-12(14)9-13/h3-4,6-7,9,11H,5,8,10H2,1-2H3,(H,19,20,21). The summed E-state index contributed by atoms with van der Waals surface area (Å²) in [6.45, 7) is 5.38. The molecule has 2 heterocycles. The summed E-state index contributed by atoms with van der Waals surface area (Å²) in [7, 11) is 0. The number of anilines is 1. The van der Waals surface area contributed by atoms with Gasteiger partial charge in [-0.25, -0.2) is 4.98 Å². The SMILES string of the molecule is CC(C)c1nccnc1NC(=O)c1ccc2c(c1)CCOC2. The molecular weight excluding hydrogens is 278 g/mol. The summed E-state index contributed by atoms with van der Waals surface area (Å²) < 4.78 is 5.42. The van der Waals surface area contributed by atoms with Gasteiger partial charge in [-0.2, -0.15) is 0 Å². The highest BCUT2D eigenvalue weighted by atomic mass is 16.5. The van der Waals surface area contributed by atoms with Crippen LogP contribution in [0.25, 0.3) is 0 Å². The van der Waals surface area contributed by atoms with Crippen LogP contribution in [0, 0.1) is 0 Å². The number of carbonyl (C=O) groups is 1. The maximum Gasteiger partial charge on any atom is 0.256 e. The third-order valence-electron chi connectivity index (χ3n) is 3.75. The molecule has 1 N–H and O–H groups in total. The summed E-state index contributed by atoms with van der Waals surface area (Å²) >= 11 is 0. The van der Waals surface area contributed by atoms with Crippen LogP contribution in [0.4, 0.5) is 5.82 Å². The molecule has 1 aliphatic heterocycles. The van der Waals surface area contributed by atoms with Crippen molar-refractivity contribution >= 4 is 11.7 Å². The Balaban J connectivity index is 1.83. The zero-order chi connectivity index (χ0) is 15.5. The van der Waals surface area contributed by atoms with Gasteiger partial charge in [0, 0.05) is 18.0 Å². The molecule has 0 bridgehead atoms. The van der Waals surface area contributed by atoms with Crippen LogP contribution < -0.4 is 5.32 Å². The van der Waals surface area contributed by atoms with Crippen molar-refractivity contribution < 1.29 is 9.53 Å². The zero-order valence-electron chi connectivity index (χ0n) is 12.8.